The third kappa shape index (κ3) is 2.67. The standard InChI is InChI=1S/C17H25N3O3S/c1-13-15(3-2-6-18-13)24(21,22)16-17(10-19-16)11-20(12-17)9-14-4-7-23-8-5-14/h2-3,6,14,16,19H,4-5,7-12H2,1H3. The van der Waals surface area contributed by atoms with Crippen LogP contribution in [0.1, 0.15) is 18.5 Å². The van der Waals surface area contributed by atoms with Gasteiger partial charge in [0.15, 0.2) is 9.84 Å². The van der Waals surface area contributed by atoms with E-state index < -0.39 is 15.2 Å². The molecule has 6 nitrogen and oxygen atoms in total. The Morgan fingerprint density at radius 3 is 2.75 bits per heavy atom. The Morgan fingerprint density at radius 1 is 1.38 bits per heavy atom. The Labute approximate surface area is 143 Å². The van der Waals surface area contributed by atoms with Crippen LogP contribution in [0.15, 0.2) is 23.2 Å². The first kappa shape index (κ1) is 16.4. The summed E-state index contributed by atoms with van der Waals surface area (Å²) in [6.07, 6.45) is 3.88. The predicted octanol–water partition coefficient (Wildman–Crippen LogP) is 0.822. The molecule has 0 amide bonds. The molecule has 0 aromatic carbocycles. The number of rotatable bonds is 4. The van der Waals surface area contributed by atoms with Gasteiger partial charge in [-0.25, -0.2) is 8.42 Å². The van der Waals surface area contributed by atoms with Crippen molar-refractivity contribution in [3.63, 3.8) is 0 Å². The molecule has 3 aliphatic heterocycles. The summed E-state index contributed by atoms with van der Waals surface area (Å²) in [6, 6.07) is 3.37. The number of aromatic nitrogens is 1. The zero-order chi connectivity index (χ0) is 16.8. The van der Waals surface area contributed by atoms with E-state index >= 15 is 0 Å². The molecule has 3 fully saturated rings. The van der Waals surface area contributed by atoms with Crippen LogP contribution in [0.5, 0.6) is 0 Å². The maximum atomic E-state index is 13.0. The first-order chi connectivity index (χ1) is 11.5. The van der Waals surface area contributed by atoms with E-state index in [1.165, 1.54) is 0 Å². The van der Waals surface area contributed by atoms with Crippen LogP contribution in [0.2, 0.25) is 0 Å². The lowest BCUT2D eigenvalue weighted by Crippen LogP contribution is -2.78. The summed E-state index contributed by atoms with van der Waals surface area (Å²) in [5.41, 5.74) is 0.464. The Balaban J connectivity index is 1.43. The average molecular weight is 351 g/mol. The molecule has 0 aliphatic carbocycles. The molecule has 7 heteroatoms. The van der Waals surface area contributed by atoms with E-state index in [0.717, 1.165) is 52.2 Å². The molecule has 132 valence electrons. The van der Waals surface area contributed by atoms with E-state index in [1.807, 2.05) is 0 Å². The van der Waals surface area contributed by atoms with Gasteiger partial charge in [-0.1, -0.05) is 0 Å². The van der Waals surface area contributed by atoms with Crippen LogP contribution in [0.3, 0.4) is 0 Å². The zero-order valence-electron chi connectivity index (χ0n) is 14.1. The lowest BCUT2D eigenvalue weighted by Gasteiger charge is -2.60. The van der Waals surface area contributed by atoms with E-state index in [2.05, 4.69) is 15.2 Å². The predicted molar refractivity (Wildman–Crippen MR) is 90.4 cm³/mol. The molecule has 1 unspecified atom stereocenters. The van der Waals surface area contributed by atoms with Gasteiger partial charge in [-0.15, -0.1) is 0 Å². The number of hydrogen-bond donors (Lipinski definition) is 1. The highest BCUT2D eigenvalue weighted by atomic mass is 32.2. The number of nitrogens with zero attached hydrogens (tertiary/aromatic N) is 2. The molecule has 3 saturated heterocycles. The SMILES string of the molecule is Cc1ncccc1S(=O)(=O)C1NCC12CN(CC1CCOCC1)C2. The van der Waals surface area contributed by atoms with Gasteiger partial charge in [0.1, 0.15) is 5.37 Å². The van der Waals surface area contributed by atoms with E-state index in [4.69, 9.17) is 4.74 Å². The van der Waals surface area contributed by atoms with Crippen LogP contribution in [0.25, 0.3) is 0 Å². The summed E-state index contributed by atoms with van der Waals surface area (Å²) >= 11 is 0. The molecule has 4 heterocycles. The highest BCUT2D eigenvalue weighted by Gasteiger charge is 2.60. The molecule has 4 rings (SSSR count). The first-order valence-corrected chi connectivity index (χ1v) is 10.2. The van der Waals surface area contributed by atoms with Crippen LogP contribution in [0, 0.1) is 18.3 Å². The number of aryl methyl sites for hydroxylation is 1. The summed E-state index contributed by atoms with van der Waals surface area (Å²) in [4.78, 5) is 6.92. The van der Waals surface area contributed by atoms with Gasteiger partial charge in [0, 0.05) is 51.0 Å². The van der Waals surface area contributed by atoms with Crippen LogP contribution >= 0.6 is 0 Å². The lowest BCUT2D eigenvalue weighted by atomic mass is 9.73. The molecule has 1 N–H and O–H groups in total. The third-order valence-corrected chi connectivity index (χ3v) is 8.04. The van der Waals surface area contributed by atoms with Crippen LogP contribution < -0.4 is 5.32 Å². The Morgan fingerprint density at radius 2 is 2.12 bits per heavy atom. The number of sulfone groups is 1. The summed E-state index contributed by atoms with van der Waals surface area (Å²) < 4.78 is 31.4. The fraction of sp³-hybridized carbons (Fsp3) is 0.706. The van der Waals surface area contributed by atoms with E-state index in [9.17, 15) is 8.42 Å². The number of pyridine rings is 1. The fourth-order valence-corrected chi connectivity index (χ4v) is 6.54. The van der Waals surface area contributed by atoms with Crippen molar-refractivity contribution in [3.8, 4) is 0 Å². The van der Waals surface area contributed by atoms with Gasteiger partial charge >= 0.3 is 0 Å². The third-order valence-electron chi connectivity index (χ3n) is 5.71. The van der Waals surface area contributed by atoms with E-state index in [-0.39, 0.29) is 5.41 Å². The molecule has 24 heavy (non-hydrogen) atoms. The fourth-order valence-electron chi connectivity index (χ4n) is 4.36. The van der Waals surface area contributed by atoms with Crippen molar-refractivity contribution < 1.29 is 13.2 Å². The van der Waals surface area contributed by atoms with E-state index in [1.54, 1.807) is 25.3 Å². The van der Waals surface area contributed by atoms with Crippen molar-refractivity contribution in [3.05, 3.63) is 24.0 Å². The average Bonchev–Trinajstić information content (AvgIpc) is 2.50. The van der Waals surface area contributed by atoms with Gasteiger partial charge in [0.2, 0.25) is 0 Å². The normalized spacial score (nSPS) is 27.6. The first-order valence-electron chi connectivity index (χ1n) is 8.70. The molecular weight excluding hydrogens is 326 g/mol. The molecular formula is C17H25N3O3S. The smallest absolute Gasteiger partial charge is 0.196 e. The zero-order valence-corrected chi connectivity index (χ0v) is 14.9. The van der Waals surface area contributed by atoms with Gasteiger partial charge in [-0.3, -0.25) is 10.3 Å². The van der Waals surface area contributed by atoms with Crippen molar-refractivity contribution in [2.45, 2.75) is 30.0 Å². The van der Waals surface area contributed by atoms with Gasteiger partial charge in [-0.05, 0) is 37.8 Å². The number of hydrogen-bond acceptors (Lipinski definition) is 6. The summed E-state index contributed by atoms with van der Waals surface area (Å²) in [5.74, 6) is 0.694. The lowest BCUT2D eigenvalue weighted by molar-refractivity contribution is -0.0688. The minimum Gasteiger partial charge on any atom is -0.381 e. The highest BCUT2D eigenvalue weighted by molar-refractivity contribution is 7.92. The topological polar surface area (TPSA) is 71.5 Å². The Bertz CT molecular complexity index is 710. The van der Waals surface area contributed by atoms with Crippen molar-refractivity contribution in [2.24, 2.45) is 11.3 Å². The monoisotopic (exact) mass is 351 g/mol. The number of likely N-dealkylation sites (tertiary alicyclic amines) is 1. The van der Waals surface area contributed by atoms with E-state index in [0.29, 0.717) is 16.5 Å². The summed E-state index contributed by atoms with van der Waals surface area (Å²) in [6.45, 7) is 7.10. The molecule has 1 aromatic heterocycles. The Hall–Kier alpha value is -1.02. The van der Waals surface area contributed by atoms with Gasteiger partial charge in [-0.2, -0.15) is 0 Å². The largest absolute Gasteiger partial charge is 0.381 e. The van der Waals surface area contributed by atoms with Crippen LogP contribution in [-0.4, -0.2) is 63.1 Å². The minimum atomic E-state index is -3.38. The highest BCUT2D eigenvalue weighted by Crippen LogP contribution is 2.44. The maximum Gasteiger partial charge on any atom is 0.196 e. The summed E-state index contributed by atoms with van der Waals surface area (Å²) in [7, 11) is -3.38. The number of nitrogens with one attached hydrogen (secondary N) is 1. The van der Waals surface area contributed by atoms with Gasteiger partial charge in [0.05, 0.1) is 10.6 Å². The maximum absolute atomic E-state index is 13.0. The number of ether oxygens (including phenoxy) is 1. The molecule has 0 radical (unpaired) electrons. The van der Waals surface area contributed by atoms with Crippen LogP contribution in [0.4, 0.5) is 0 Å². The second-order valence-electron chi connectivity index (χ2n) is 7.48. The molecule has 0 saturated carbocycles. The van der Waals surface area contributed by atoms with Crippen LogP contribution in [-0.2, 0) is 14.6 Å². The molecule has 1 atom stereocenters. The van der Waals surface area contributed by atoms with Crippen molar-refractivity contribution in [2.75, 3.05) is 39.4 Å². The minimum absolute atomic E-state index is 0.119. The second kappa shape index (κ2) is 6.05. The van der Waals surface area contributed by atoms with Crippen molar-refractivity contribution in [1.82, 2.24) is 15.2 Å². The molecule has 1 spiro atoms. The van der Waals surface area contributed by atoms with Crippen molar-refractivity contribution in [1.29, 1.82) is 0 Å². The van der Waals surface area contributed by atoms with Gasteiger partial charge < -0.3 is 9.64 Å². The van der Waals surface area contributed by atoms with Crippen molar-refractivity contribution >= 4 is 9.84 Å². The molecule has 0 bridgehead atoms. The molecule has 3 aliphatic rings. The quantitative estimate of drug-likeness (QED) is 0.866. The second-order valence-corrected chi connectivity index (χ2v) is 9.48. The molecule has 1 aromatic rings. The van der Waals surface area contributed by atoms with Gasteiger partial charge in [0.25, 0.3) is 0 Å². The Kier molecular flexibility index (Phi) is 4.15. The summed E-state index contributed by atoms with van der Waals surface area (Å²) in [5, 5.41) is 2.69.